The fraction of sp³-hybridized carbons (Fsp3) is 0.571. The van der Waals surface area contributed by atoms with Gasteiger partial charge in [0.1, 0.15) is 0 Å². The molecule has 1 aliphatic heterocycles. The molecule has 0 N–H and O–H groups in total. The first-order chi connectivity index (χ1) is 8.38. The Balaban J connectivity index is 1.68. The Bertz CT molecular complexity index is 307. The predicted molar refractivity (Wildman–Crippen MR) is 76.9 cm³/mol. The highest BCUT2D eigenvalue weighted by molar-refractivity contribution is 7.80. The smallest absolute Gasteiger partial charge is 0.0110 e. The largest absolute Gasteiger partial charge is 0.300 e. The molecule has 0 saturated carbocycles. The van der Waals surface area contributed by atoms with E-state index in [-0.39, 0.29) is 0 Å². The molecule has 0 aliphatic carbocycles. The quantitative estimate of drug-likeness (QED) is 0.796. The molecule has 0 bridgehead atoms. The van der Waals surface area contributed by atoms with Crippen molar-refractivity contribution in [1.82, 2.24) is 9.80 Å². The molecule has 2 rings (SSSR count). The summed E-state index contributed by atoms with van der Waals surface area (Å²) in [7, 11) is 0. The number of piperazine rings is 1. The van der Waals surface area contributed by atoms with E-state index in [1.807, 2.05) is 0 Å². The maximum absolute atomic E-state index is 4.29. The summed E-state index contributed by atoms with van der Waals surface area (Å²) in [5, 5.41) is 0. The van der Waals surface area contributed by atoms with E-state index in [2.05, 4.69) is 52.8 Å². The highest BCUT2D eigenvalue weighted by Crippen LogP contribution is 2.05. The van der Waals surface area contributed by atoms with Gasteiger partial charge >= 0.3 is 0 Å². The highest BCUT2D eigenvalue weighted by Gasteiger charge is 2.15. The first-order valence-electron chi connectivity index (χ1n) is 6.48. The lowest BCUT2D eigenvalue weighted by Gasteiger charge is -2.34. The maximum atomic E-state index is 4.29. The highest BCUT2D eigenvalue weighted by atomic mass is 32.1. The first kappa shape index (κ1) is 12.9. The van der Waals surface area contributed by atoms with Crippen molar-refractivity contribution in [3.63, 3.8) is 0 Å². The molecule has 1 aromatic rings. The van der Waals surface area contributed by atoms with Crippen LogP contribution in [0.25, 0.3) is 0 Å². The van der Waals surface area contributed by atoms with E-state index in [0.717, 1.165) is 12.3 Å². The lowest BCUT2D eigenvalue weighted by molar-refractivity contribution is 0.139. The van der Waals surface area contributed by atoms with Crippen molar-refractivity contribution in [3.05, 3.63) is 35.9 Å². The minimum Gasteiger partial charge on any atom is -0.300 e. The fourth-order valence-corrected chi connectivity index (χ4v) is 2.59. The zero-order valence-corrected chi connectivity index (χ0v) is 11.3. The number of hydrogen-bond acceptors (Lipinski definition) is 3. The van der Waals surface area contributed by atoms with Gasteiger partial charge in [-0.1, -0.05) is 30.3 Å². The second-order valence-corrected chi connectivity index (χ2v) is 5.09. The second kappa shape index (κ2) is 7.04. The summed E-state index contributed by atoms with van der Waals surface area (Å²) in [5.74, 6) is 0.976. The molecule has 17 heavy (non-hydrogen) atoms. The summed E-state index contributed by atoms with van der Waals surface area (Å²) in [4.78, 5) is 5.08. The van der Waals surface area contributed by atoms with Crippen LogP contribution in [0.15, 0.2) is 30.3 Å². The summed E-state index contributed by atoms with van der Waals surface area (Å²) < 4.78 is 0. The zero-order valence-electron chi connectivity index (χ0n) is 10.4. The van der Waals surface area contributed by atoms with Crippen LogP contribution in [0.3, 0.4) is 0 Å². The van der Waals surface area contributed by atoms with Gasteiger partial charge in [0.2, 0.25) is 0 Å². The lowest BCUT2D eigenvalue weighted by atomic mass is 10.1. The van der Waals surface area contributed by atoms with Crippen LogP contribution in [0.5, 0.6) is 0 Å². The normalized spacial score (nSPS) is 18.4. The third-order valence-electron chi connectivity index (χ3n) is 3.44. The van der Waals surface area contributed by atoms with Gasteiger partial charge in [-0.3, -0.25) is 4.90 Å². The first-order valence-corrected chi connectivity index (χ1v) is 7.11. The molecule has 1 fully saturated rings. The van der Waals surface area contributed by atoms with Crippen molar-refractivity contribution in [2.24, 2.45) is 0 Å². The Kier molecular flexibility index (Phi) is 5.36. The fourth-order valence-electron chi connectivity index (χ4n) is 2.31. The van der Waals surface area contributed by atoms with Gasteiger partial charge in [-0.25, -0.2) is 0 Å². The van der Waals surface area contributed by atoms with Crippen molar-refractivity contribution in [3.8, 4) is 0 Å². The van der Waals surface area contributed by atoms with Crippen LogP contribution < -0.4 is 0 Å². The average molecular weight is 250 g/mol. The Labute approximate surface area is 110 Å². The zero-order chi connectivity index (χ0) is 11.9. The number of nitrogens with zero attached hydrogens (tertiary/aromatic N) is 2. The number of benzene rings is 1. The van der Waals surface area contributed by atoms with E-state index in [1.54, 1.807) is 0 Å². The Morgan fingerprint density at radius 2 is 1.47 bits per heavy atom. The molecule has 0 spiro atoms. The van der Waals surface area contributed by atoms with Gasteiger partial charge in [-0.15, -0.1) is 0 Å². The third-order valence-corrected chi connectivity index (χ3v) is 3.64. The van der Waals surface area contributed by atoms with E-state index in [0.29, 0.717) is 0 Å². The molecule has 94 valence electrons. The second-order valence-electron chi connectivity index (χ2n) is 4.64. The standard InChI is InChI=1S/C14H22N2S/c17-13-12-16-10-8-15(9-11-16)7-6-14-4-2-1-3-5-14/h1-5,17H,6-13H2. The minimum absolute atomic E-state index is 0.976. The van der Waals surface area contributed by atoms with Gasteiger partial charge in [-0.2, -0.15) is 12.6 Å². The third kappa shape index (κ3) is 4.34. The molecule has 0 radical (unpaired) electrons. The summed E-state index contributed by atoms with van der Waals surface area (Å²) in [5.41, 5.74) is 1.45. The van der Waals surface area contributed by atoms with Crippen molar-refractivity contribution in [1.29, 1.82) is 0 Å². The molecule has 1 heterocycles. The lowest BCUT2D eigenvalue weighted by Crippen LogP contribution is -2.47. The molecular weight excluding hydrogens is 228 g/mol. The molecular formula is C14H22N2S. The van der Waals surface area contributed by atoms with Crippen LogP contribution in [0, 0.1) is 0 Å². The Hall–Kier alpha value is -0.510. The van der Waals surface area contributed by atoms with Gasteiger partial charge < -0.3 is 4.90 Å². The van der Waals surface area contributed by atoms with E-state index >= 15 is 0 Å². The van der Waals surface area contributed by atoms with Crippen molar-refractivity contribution < 1.29 is 0 Å². The molecule has 1 aromatic carbocycles. The number of hydrogen-bond donors (Lipinski definition) is 1. The SMILES string of the molecule is SCCN1CCN(CCc2ccccc2)CC1. The van der Waals surface area contributed by atoms with Gasteiger partial charge in [-0.05, 0) is 12.0 Å². The number of rotatable bonds is 5. The van der Waals surface area contributed by atoms with Gasteiger partial charge in [0.15, 0.2) is 0 Å². The monoisotopic (exact) mass is 250 g/mol. The number of thiol groups is 1. The summed E-state index contributed by atoms with van der Waals surface area (Å²) in [6, 6.07) is 10.8. The van der Waals surface area contributed by atoms with Gasteiger partial charge in [0.05, 0.1) is 0 Å². The van der Waals surface area contributed by atoms with E-state index in [1.165, 1.54) is 44.7 Å². The van der Waals surface area contributed by atoms with Gasteiger partial charge in [0, 0.05) is 45.0 Å². The molecule has 2 nitrogen and oxygen atoms in total. The molecule has 3 heteroatoms. The van der Waals surface area contributed by atoms with E-state index in [9.17, 15) is 0 Å². The maximum Gasteiger partial charge on any atom is 0.0110 e. The van der Waals surface area contributed by atoms with Crippen LogP contribution in [0.2, 0.25) is 0 Å². The molecule has 0 unspecified atom stereocenters. The van der Waals surface area contributed by atoms with Crippen molar-refractivity contribution >= 4 is 12.6 Å². The summed E-state index contributed by atoms with van der Waals surface area (Å²) >= 11 is 4.29. The van der Waals surface area contributed by atoms with Crippen LogP contribution in [-0.2, 0) is 6.42 Å². The average Bonchev–Trinajstić information content (AvgIpc) is 2.40. The van der Waals surface area contributed by atoms with Crippen molar-refractivity contribution in [2.75, 3.05) is 45.0 Å². The van der Waals surface area contributed by atoms with Crippen LogP contribution in [0.4, 0.5) is 0 Å². The Morgan fingerprint density at radius 3 is 2.06 bits per heavy atom. The Morgan fingerprint density at radius 1 is 0.882 bits per heavy atom. The van der Waals surface area contributed by atoms with E-state index < -0.39 is 0 Å². The molecule has 1 aliphatic rings. The van der Waals surface area contributed by atoms with Crippen LogP contribution in [-0.4, -0.2) is 54.8 Å². The molecule has 1 saturated heterocycles. The van der Waals surface area contributed by atoms with Crippen LogP contribution >= 0.6 is 12.6 Å². The van der Waals surface area contributed by atoms with Crippen molar-refractivity contribution in [2.45, 2.75) is 6.42 Å². The minimum atomic E-state index is 0.976. The van der Waals surface area contributed by atoms with E-state index in [4.69, 9.17) is 0 Å². The summed E-state index contributed by atoms with van der Waals surface area (Å²) in [6.45, 7) is 7.15. The van der Waals surface area contributed by atoms with Crippen LogP contribution in [0.1, 0.15) is 5.56 Å². The van der Waals surface area contributed by atoms with Gasteiger partial charge in [0.25, 0.3) is 0 Å². The molecule has 0 atom stereocenters. The summed E-state index contributed by atoms with van der Waals surface area (Å²) in [6.07, 6.45) is 1.17. The molecule has 0 amide bonds. The molecule has 0 aromatic heterocycles. The predicted octanol–water partition coefficient (Wildman–Crippen LogP) is 1.78. The topological polar surface area (TPSA) is 6.48 Å².